The molecule has 0 aliphatic carbocycles. The Morgan fingerprint density at radius 3 is 2.71 bits per heavy atom. The lowest BCUT2D eigenvalue weighted by atomic mass is 10.1. The van der Waals surface area contributed by atoms with Crippen molar-refractivity contribution in [3.63, 3.8) is 0 Å². The van der Waals surface area contributed by atoms with Crippen molar-refractivity contribution in [2.24, 2.45) is 0 Å². The van der Waals surface area contributed by atoms with Gasteiger partial charge >= 0.3 is 5.97 Å². The molecule has 0 aromatic heterocycles. The van der Waals surface area contributed by atoms with Gasteiger partial charge in [-0.25, -0.2) is 4.79 Å². The molecule has 126 valence electrons. The Labute approximate surface area is 142 Å². The normalized spacial score (nSPS) is 19.6. The predicted octanol–water partition coefficient (Wildman–Crippen LogP) is 2.06. The lowest BCUT2D eigenvalue weighted by molar-refractivity contribution is -0.148. The van der Waals surface area contributed by atoms with E-state index in [1.165, 1.54) is 14.0 Å². The van der Waals surface area contributed by atoms with Crippen LogP contribution in [-0.4, -0.2) is 48.4 Å². The molecule has 2 amide bonds. The molecule has 1 aromatic rings. The number of fused-ring (bicyclic) bond motifs is 1. The van der Waals surface area contributed by atoms with Crippen molar-refractivity contribution in [1.82, 2.24) is 4.90 Å². The van der Waals surface area contributed by atoms with Crippen LogP contribution in [0.15, 0.2) is 23.1 Å². The van der Waals surface area contributed by atoms with Gasteiger partial charge < -0.3 is 14.2 Å². The maximum absolute atomic E-state index is 12.4. The zero-order chi connectivity index (χ0) is 17.3. The number of carbonyl (C=O) groups is 3. The quantitative estimate of drug-likeness (QED) is 0.610. The van der Waals surface area contributed by atoms with Crippen molar-refractivity contribution in [2.75, 3.05) is 20.3 Å². The van der Waals surface area contributed by atoms with Gasteiger partial charge in [-0.15, -0.1) is 0 Å². The lowest BCUT2D eigenvalue weighted by Crippen LogP contribution is -2.42. The zero-order valence-corrected chi connectivity index (χ0v) is 13.9. The number of nitrogens with zero attached hydrogens (tertiary/aromatic N) is 1. The Morgan fingerprint density at radius 1 is 1.29 bits per heavy atom. The molecule has 0 radical (unpaired) electrons. The molecule has 3 rings (SSSR count). The average molecular weight is 349 g/mol. The van der Waals surface area contributed by atoms with Crippen LogP contribution in [0.2, 0.25) is 0 Å². The summed E-state index contributed by atoms with van der Waals surface area (Å²) in [5, 5.41) is -0.498. The first-order valence-electron chi connectivity index (χ1n) is 7.26. The summed E-state index contributed by atoms with van der Waals surface area (Å²) in [7, 11) is 1.21. The number of methoxy groups -OCH3 is 1. The number of amides is 2. The maximum Gasteiger partial charge on any atom is 0.328 e. The Kier molecular flexibility index (Phi) is 4.48. The highest BCUT2D eigenvalue weighted by molar-refractivity contribution is 8.18. The van der Waals surface area contributed by atoms with Crippen LogP contribution in [0.5, 0.6) is 11.5 Å². The summed E-state index contributed by atoms with van der Waals surface area (Å²) < 4.78 is 15.5. The number of carbonyl (C=O) groups excluding carboxylic acids is 3. The minimum atomic E-state index is -0.964. The van der Waals surface area contributed by atoms with Gasteiger partial charge in [-0.1, -0.05) is 6.07 Å². The molecule has 0 saturated carbocycles. The molecular formula is C16H15NO6S. The van der Waals surface area contributed by atoms with Crippen molar-refractivity contribution >= 4 is 35.0 Å². The van der Waals surface area contributed by atoms with Crippen molar-refractivity contribution in [3.05, 3.63) is 28.7 Å². The largest absolute Gasteiger partial charge is 0.486 e. The van der Waals surface area contributed by atoms with Gasteiger partial charge in [0.15, 0.2) is 11.5 Å². The van der Waals surface area contributed by atoms with Crippen LogP contribution in [0.1, 0.15) is 12.5 Å². The Balaban J connectivity index is 1.85. The highest BCUT2D eigenvalue weighted by atomic mass is 32.2. The fraction of sp³-hybridized carbons (Fsp3) is 0.312. The van der Waals surface area contributed by atoms with Gasteiger partial charge in [0.1, 0.15) is 19.3 Å². The number of imide groups is 1. The van der Waals surface area contributed by atoms with Gasteiger partial charge in [-0.05, 0) is 42.5 Å². The second kappa shape index (κ2) is 6.56. The molecule has 8 heteroatoms. The van der Waals surface area contributed by atoms with Crippen molar-refractivity contribution in [3.8, 4) is 11.5 Å². The molecule has 24 heavy (non-hydrogen) atoms. The molecule has 0 spiro atoms. The van der Waals surface area contributed by atoms with Gasteiger partial charge in [0, 0.05) is 0 Å². The molecule has 1 fully saturated rings. The van der Waals surface area contributed by atoms with E-state index >= 15 is 0 Å². The van der Waals surface area contributed by atoms with Crippen LogP contribution in [0.25, 0.3) is 6.08 Å². The average Bonchev–Trinajstić information content (AvgIpc) is 2.87. The molecular weight excluding hydrogens is 334 g/mol. The zero-order valence-electron chi connectivity index (χ0n) is 13.1. The first-order valence-corrected chi connectivity index (χ1v) is 8.07. The van der Waals surface area contributed by atoms with E-state index in [4.69, 9.17) is 9.47 Å². The SMILES string of the molecule is COC(=O)[C@@H](C)N1C(=O)S/C(=C/c2ccc3c(c2)OCCO3)C1=O. The van der Waals surface area contributed by atoms with E-state index in [2.05, 4.69) is 4.74 Å². The molecule has 2 aliphatic heterocycles. The van der Waals surface area contributed by atoms with Crippen LogP contribution >= 0.6 is 11.8 Å². The summed E-state index contributed by atoms with van der Waals surface area (Å²) in [6, 6.07) is 4.30. The van der Waals surface area contributed by atoms with Crippen LogP contribution in [0.3, 0.4) is 0 Å². The Bertz CT molecular complexity index is 744. The van der Waals surface area contributed by atoms with E-state index in [9.17, 15) is 14.4 Å². The third-order valence-electron chi connectivity index (χ3n) is 3.62. The number of thioether (sulfide) groups is 1. The molecule has 0 bridgehead atoms. The monoisotopic (exact) mass is 349 g/mol. The van der Waals surface area contributed by atoms with Crippen molar-refractivity contribution in [1.29, 1.82) is 0 Å². The van der Waals surface area contributed by atoms with E-state index in [1.54, 1.807) is 24.3 Å². The van der Waals surface area contributed by atoms with Gasteiger partial charge in [-0.3, -0.25) is 14.5 Å². The minimum absolute atomic E-state index is 0.243. The summed E-state index contributed by atoms with van der Waals surface area (Å²) in [6.45, 7) is 2.41. The third-order valence-corrected chi connectivity index (χ3v) is 4.50. The summed E-state index contributed by atoms with van der Waals surface area (Å²) in [5.41, 5.74) is 0.704. The number of ether oxygens (including phenoxy) is 3. The topological polar surface area (TPSA) is 82.1 Å². The van der Waals surface area contributed by atoms with Crippen LogP contribution in [0.4, 0.5) is 4.79 Å². The molecule has 1 saturated heterocycles. The molecule has 2 heterocycles. The lowest BCUT2D eigenvalue weighted by Gasteiger charge is -2.19. The second-order valence-electron chi connectivity index (χ2n) is 5.15. The van der Waals surface area contributed by atoms with Gasteiger partial charge in [-0.2, -0.15) is 0 Å². The Hall–Kier alpha value is -2.48. The first-order chi connectivity index (χ1) is 11.5. The van der Waals surface area contributed by atoms with Crippen molar-refractivity contribution < 1.29 is 28.6 Å². The van der Waals surface area contributed by atoms with Gasteiger partial charge in [0.2, 0.25) is 0 Å². The van der Waals surface area contributed by atoms with Crippen LogP contribution in [-0.2, 0) is 14.3 Å². The van der Waals surface area contributed by atoms with Crippen molar-refractivity contribution in [2.45, 2.75) is 13.0 Å². The highest BCUT2D eigenvalue weighted by Crippen LogP contribution is 2.36. The van der Waals surface area contributed by atoms with E-state index in [0.717, 1.165) is 16.7 Å². The molecule has 0 N–H and O–H groups in total. The van der Waals surface area contributed by atoms with Crippen LogP contribution < -0.4 is 9.47 Å². The second-order valence-corrected chi connectivity index (χ2v) is 6.15. The maximum atomic E-state index is 12.4. The molecule has 2 aliphatic rings. The first kappa shape index (κ1) is 16.4. The van der Waals surface area contributed by atoms with E-state index in [1.807, 2.05) is 0 Å². The summed E-state index contributed by atoms with van der Waals surface area (Å²) in [4.78, 5) is 37.2. The number of esters is 1. The fourth-order valence-electron chi connectivity index (χ4n) is 2.39. The number of benzene rings is 1. The summed E-state index contributed by atoms with van der Waals surface area (Å²) in [5.74, 6) is 0.0821. The summed E-state index contributed by atoms with van der Waals surface area (Å²) >= 11 is 0.789. The minimum Gasteiger partial charge on any atom is -0.486 e. The predicted molar refractivity (Wildman–Crippen MR) is 86.7 cm³/mol. The smallest absolute Gasteiger partial charge is 0.328 e. The standard InChI is InChI=1S/C16H15NO6S/c1-9(15(19)21-2)17-14(18)13(24-16(17)20)8-10-3-4-11-12(7-10)23-6-5-22-11/h3-4,7-9H,5-6H2,1-2H3/b13-8+/t9-/m1/s1. The Morgan fingerprint density at radius 2 is 2.00 bits per heavy atom. The summed E-state index contributed by atoms with van der Waals surface area (Å²) in [6.07, 6.45) is 1.59. The highest BCUT2D eigenvalue weighted by Gasteiger charge is 2.41. The van der Waals surface area contributed by atoms with E-state index in [-0.39, 0.29) is 4.91 Å². The molecule has 1 atom stereocenters. The van der Waals surface area contributed by atoms with Gasteiger partial charge in [0.05, 0.1) is 12.0 Å². The number of hydrogen-bond acceptors (Lipinski definition) is 7. The van der Waals surface area contributed by atoms with E-state index in [0.29, 0.717) is 30.3 Å². The third kappa shape index (κ3) is 2.96. The van der Waals surface area contributed by atoms with E-state index < -0.39 is 23.2 Å². The van der Waals surface area contributed by atoms with Gasteiger partial charge in [0.25, 0.3) is 11.1 Å². The van der Waals surface area contributed by atoms with Crippen LogP contribution in [0, 0.1) is 0 Å². The number of hydrogen-bond donors (Lipinski definition) is 0. The molecule has 0 unspecified atom stereocenters. The molecule has 7 nitrogen and oxygen atoms in total. The molecule has 1 aromatic carbocycles. The fourth-order valence-corrected chi connectivity index (χ4v) is 3.30. The number of rotatable bonds is 3.